The summed E-state index contributed by atoms with van der Waals surface area (Å²) in [5.41, 5.74) is 16.8. The van der Waals surface area contributed by atoms with E-state index in [2.05, 4.69) is 69.4 Å². The van der Waals surface area contributed by atoms with Crippen molar-refractivity contribution in [3.05, 3.63) is 176 Å². The van der Waals surface area contributed by atoms with Gasteiger partial charge in [-0.1, -0.05) is 11.6 Å². The van der Waals surface area contributed by atoms with Gasteiger partial charge in [0.05, 0.1) is 57.1 Å². The largest absolute Gasteiger partial charge is 0.481 e. The van der Waals surface area contributed by atoms with Crippen LogP contribution in [-0.2, 0) is 28.6 Å². The third-order valence-electron chi connectivity index (χ3n) is 27.3. The number of carboxylic acid groups (broad SMARTS) is 3. The molecule has 18 nitrogen and oxygen atoms in total. The second kappa shape index (κ2) is 27.1. The lowest BCUT2D eigenvalue weighted by Gasteiger charge is -2.57. The van der Waals surface area contributed by atoms with E-state index in [0.29, 0.717) is 73.7 Å². The Morgan fingerprint density at radius 2 is 0.802 bits per heavy atom. The fourth-order valence-corrected chi connectivity index (χ4v) is 22.2. The zero-order chi connectivity index (χ0) is 76.4. The van der Waals surface area contributed by atoms with Crippen LogP contribution in [0.1, 0.15) is 196 Å². The molecule has 0 radical (unpaired) electrons. The van der Waals surface area contributed by atoms with Gasteiger partial charge in [0, 0.05) is 148 Å². The van der Waals surface area contributed by atoms with Gasteiger partial charge in [0.2, 0.25) is 0 Å². The first-order valence-corrected chi connectivity index (χ1v) is 39.4. The zero-order valence-corrected chi connectivity index (χ0v) is 62.2. The second-order valence-electron chi connectivity index (χ2n) is 33.9. The van der Waals surface area contributed by atoms with Crippen LogP contribution in [-0.4, -0.2) is 117 Å². The second-order valence-corrected chi connectivity index (χ2v) is 34.3. The Bertz CT molecular complexity index is 5540. The Kier molecular flexibility index (Phi) is 17.6. The van der Waals surface area contributed by atoms with Crippen molar-refractivity contribution >= 4 is 94.9 Å². The lowest BCUT2D eigenvalue weighted by atomic mass is 9.47. The summed E-state index contributed by atoms with van der Waals surface area (Å²) >= 11 is 6.42. The van der Waals surface area contributed by atoms with E-state index in [1.807, 2.05) is 19.1 Å². The molecule has 6 aromatic carbocycles. The molecule has 0 atom stereocenters. The number of carboxylic acids is 3. The highest BCUT2D eigenvalue weighted by molar-refractivity contribution is 6.34. The third kappa shape index (κ3) is 12.0. The number of nitrogens with one attached hydrogen (secondary N) is 3. The number of aromatic amines is 3. The number of hydrogen-bond acceptors (Lipinski definition) is 9. The van der Waals surface area contributed by atoms with Crippen molar-refractivity contribution in [3.63, 3.8) is 0 Å². The van der Waals surface area contributed by atoms with Crippen molar-refractivity contribution in [3.8, 4) is 17.1 Å². The standard InChI is InChI=1S/2C29H29F2N3O3.C28H26ClF2N3O3/c1-15-20-10-25-21(9-24(20)33-32-15)26(17-11-29(12-17)13-18(14-29)28(35)36)27(16-4-6-37-7-5-16)34(25)19-2-3-22(30)23(31)8-19;1-15-24-23(8-17-14-32-33-26(15)17)34(20-2-3-21(30)22(31)9-20)27(16-4-6-37-7-5-16)25(24)18-10-29(11-18)12-19(13-29)28(35)36;29-26-18-9-23-19(8-22(18)32-33-26)24(15-10-28(11-15)12-16(13-28)27(35)36)25(14-3-5-37-6-4-14)34(23)17-1-2-20(30)21(31)7-17/h2-3,8-10,16-18H,4-7,11-14H2,1H3,(H,32,33)(H,35,36);2-3,8-9,14,16,18-19H,4-7,10-13H2,1H3,(H,32,33)(H,35,36);1-2,7-9,14-16H,3-6,10-13H2,(H,32,33)(H,35,36). The summed E-state index contributed by atoms with van der Waals surface area (Å²) in [5, 5.41) is 57.0. The van der Waals surface area contributed by atoms with Gasteiger partial charge >= 0.3 is 17.9 Å². The number of carbonyl (C=O) groups is 3. The average molecular weight is 1540 g/mol. The van der Waals surface area contributed by atoms with E-state index in [0.717, 1.165) is 204 Å². The quantitative estimate of drug-likeness (QED) is 0.0626. The van der Waals surface area contributed by atoms with Gasteiger partial charge in [-0.05, 0) is 252 Å². The van der Waals surface area contributed by atoms with Gasteiger partial charge in [-0.15, -0.1) is 0 Å². The van der Waals surface area contributed by atoms with Gasteiger partial charge in [0.15, 0.2) is 34.9 Å². The summed E-state index contributed by atoms with van der Waals surface area (Å²) in [7, 11) is 0. The molecule has 9 aliphatic rings. The van der Waals surface area contributed by atoms with Crippen LogP contribution in [0.5, 0.6) is 0 Å². The number of aliphatic carboxylic acids is 3. The van der Waals surface area contributed by atoms with Crippen LogP contribution < -0.4 is 0 Å². The predicted molar refractivity (Wildman–Crippen MR) is 406 cm³/mol. The summed E-state index contributed by atoms with van der Waals surface area (Å²) in [6, 6.07) is 22.7. The van der Waals surface area contributed by atoms with Crippen LogP contribution >= 0.6 is 11.6 Å². The minimum atomic E-state index is -0.891. The van der Waals surface area contributed by atoms with Crippen molar-refractivity contribution < 1.29 is 70.3 Å². The summed E-state index contributed by atoms with van der Waals surface area (Å²) in [6.45, 7) is 8.05. The molecule has 0 bridgehead atoms. The average Bonchev–Trinajstić information content (AvgIpc) is 1.60. The fraction of sp³-hybridized carbons (Fsp3) is 0.442. The van der Waals surface area contributed by atoms with Crippen molar-refractivity contribution in [1.82, 2.24) is 44.3 Å². The molecule has 12 aromatic rings. The van der Waals surface area contributed by atoms with E-state index in [-0.39, 0.29) is 57.7 Å². The van der Waals surface area contributed by atoms with Crippen molar-refractivity contribution in [2.45, 2.75) is 165 Å². The molecule has 6 aliphatic carbocycles. The first kappa shape index (κ1) is 71.8. The summed E-state index contributed by atoms with van der Waals surface area (Å²) in [4.78, 5) is 34.4. The highest BCUT2D eigenvalue weighted by atomic mass is 35.5. The van der Waals surface area contributed by atoms with Crippen molar-refractivity contribution in [2.75, 3.05) is 39.6 Å². The molecule has 21 rings (SSSR count). The maximum atomic E-state index is 14.5. The van der Waals surface area contributed by atoms with Gasteiger partial charge in [-0.3, -0.25) is 29.7 Å². The van der Waals surface area contributed by atoms with E-state index in [4.69, 9.17) is 25.8 Å². The Morgan fingerprint density at radius 3 is 1.21 bits per heavy atom. The van der Waals surface area contributed by atoms with E-state index in [1.165, 1.54) is 58.8 Å². The van der Waals surface area contributed by atoms with Gasteiger partial charge < -0.3 is 43.2 Å². The Labute approximate surface area is 638 Å². The lowest BCUT2D eigenvalue weighted by molar-refractivity contribution is -0.156. The van der Waals surface area contributed by atoms with E-state index < -0.39 is 52.8 Å². The fourth-order valence-electron chi connectivity index (χ4n) is 22.1. The molecular weight excluding hydrogens is 1450 g/mol. The van der Waals surface area contributed by atoms with Crippen molar-refractivity contribution in [1.29, 1.82) is 0 Å². The molecule has 25 heteroatoms. The van der Waals surface area contributed by atoms with Crippen LogP contribution in [0.15, 0.2) is 91.1 Å². The highest BCUT2D eigenvalue weighted by Gasteiger charge is 2.59. The topological polar surface area (TPSA) is 240 Å². The third-order valence-corrected chi connectivity index (χ3v) is 27.6. The number of nitrogens with zero attached hydrogens (tertiary/aromatic N) is 6. The molecule has 9 fully saturated rings. The van der Waals surface area contributed by atoms with Crippen molar-refractivity contribution in [2.24, 2.45) is 34.0 Å². The van der Waals surface area contributed by atoms with Gasteiger partial charge in [0.25, 0.3) is 0 Å². The van der Waals surface area contributed by atoms with Crippen LogP contribution in [0.25, 0.3) is 82.5 Å². The molecule has 6 aromatic heterocycles. The molecule has 3 saturated heterocycles. The number of aryl methyl sites for hydroxylation is 2. The molecular formula is C86H84ClF6N9O9. The van der Waals surface area contributed by atoms with Gasteiger partial charge in [0.1, 0.15) is 5.15 Å². The molecule has 576 valence electrons. The van der Waals surface area contributed by atoms with E-state index >= 15 is 0 Å². The summed E-state index contributed by atoms with van der Waals surface area (Å²) in [6.07, 6.45) is 17.1. The number of aromatic nitrogens is 9. The number of fused-ring (bicyclic) bond motifs is 6. The number of ether oxygens (including phenoxy) is 3. The molecule has 0 unspecified atom stereocenters. The normalized spacial score (nSPS) is 26.0. The number of halogens is 7. The minimum absolute atomic E-state index is 0.0941. The number of benzene rings is 6. The monoisotopic (exact) mass is 1540 g/mol. The molecule has 6 saturated carbocycles. The zero-order valence-electron chi connectivity index (χ0n) is 61.4. The molecule has 6 N–H and O–H groups in total. The molecule has 3 spiro atoms. The smallest absolute Gasteiger partial charge is 0.306 e. The Balaban J connectivity index is 0.000000112. The minimum Gasteiger partial charge on any atom is -0.481 e. The number of hydrogen-bond donors (Lipinski definition) is 6. The molecule has 0 amide bonds. The Hall–Kier alpha value is -9.49. The molecule has 111 heavy (non-hydrogen) atoms. The highest BCUT2D eigenvalue weighted by Crippen LogP contribution is 2.69. The molecule has 3 aliphatic heterocycles. The number of rotatable bonds is 12. The first-order chi connectivity index (χ1) is 53.5. The lowest BCUT2D eigenvalue weighted by Crippen LogP contribution is -2.49. The first-order valence-electron chi connectivity index (χ1n) is 39.1. The van der Waals surface area contributed by atoms with Gasteiger partial charge in [-0.2, -0.15) is 15.3 Å². The van der Waals surface area contributed by atoms with Crippen LogP contribution in [0.2, 0.25) is 5.15 Å². The number of H-pyrrole nitrogens is 3. The summed E-state index contributed by atoms with van der Waals surface area (Å²) < 4.78 is 109. The maximum Gasteiger partial charge on any atom is 0.306 e. The van der Waals surface area contributed by atoms with Crippen LogP contribution in [0.4, 0.5) is 26.3 Å². The molecule has 9 heterocycles. The van der Waals surface area contributed by atoms with E-state index in [1.54, 1.807) is 24.4 Å². The van der Waals surface area contributed by atoms with Crippen LogP contribution in [0.3, 0.4) is 0 Å². The van der Waals surface area contributed by atoms with Gasteiger partial charge in [-0.25, -0.2) is 26.3 Å². The van der Waals surface area contributed by atoms with E-state index in [9.17, 15) is 56.0 Å². The summed E-state index contributed by atoms with van der Waals surface area (Å²) in [5.74, 6) is -6.53. The maximum absolute atomic E-state index is 14.5. The predicted octanol–water partition coefficient (Wildman–Crippen LogP) is 19.4. The van der Waals surface area contributed by atoms with Crippen LogP contribution in [0, 0.1) is 82.7 Å². The Morgan fingerprint density at radius 1 is 0.432 bits per heavy atom. The SMILES string of the molecule is Cc1[nH]nc2cc3c(C4CC5(CC(C(=O)O)C5)C4)c(C4CCOCC4)n(-c4ccc(F)c(F)c4)c3cc12.Cc1c2[nH]ncc2cc2c1c(C1CC3(CC(C(=O)O)C3)C1)c(C1CCOCC1)n2-c1ccc(F)c(F)c1.O=C(O)C1CC2(C1)CC(c1c(C3CCOCC3)n(-c3ccc(F)c(F)c3)c3cc4c(Cl)[nH]nc4cc13)C2.